The molecule has 2 heterocycles. The number of nitrogens with zero attached hydrogens (tertiary/aromatic N) is 5. The maximum absolute atomic E-state index is 12.5. The van der Waals surface area contributed by atoms with E-state index in [0.717, 1.165) is 27.4 Å². The molecule has 1 saturated carbocycles. The van der Waals surface area contributed by atoms with Gasteiger partial charge in [-0.25, -0.2) is 17.7 Å². The molecule has 31 heavy (non-hydrogen) atoms. The highest BCUT2D eigenvalue weighted by molar-refractivity contribution is 8.00. The molecule has 2 aromatic heterocycles. The monoisotopic (exact) mass is 480 g/mol. The van der Waals surface area contributed by atoms with Crippen molar-refractivity contribution in [3.05, 3.63) is 24.0 Å². The Kier molecular flexibility index (Phi) is 6.85. The minimum Gasteiger partial charge on any atom is -0.357 e. The molecule has 0 saturated heterocycles. The molecule has 0 radical (unpaired) electrons. The van der Waals surface area contributed by atoms with Crippen LogP contribution in [0.15, 0.2) is 27.4 Å². The van der Waals surface area contributed by atoms with Crippen molar-refractivity contribution in [3.63, 3.8) is 0 Å². The Morgan fingerprint density at radius 2 is 2.00 bits per heavy atom. The van der Waals surface area contributed by atoms with E-state index in [1.165, 1.54) is 50.5 Å². The van der Waals surface area contributed by atoms with Crippen LogP contribution in [0.2, 0.25) is 0 Å². The maximum atomic E-state index is 12.5. The van der Waals surface area contributed by atoms with Gasteiger partial charge in [0, 0.05) is 26.7 Å². The number of aryl methyl sites for hydroxylation is 1. The zero-order valence-corrected chi connectivity index (χ0v) is 20.5. The Morgan fingerprint density at radius 1 is 1.23 bits per heavy atom. The number of thioether (sulfide) groups is 1. The predicted molar refractivity (Wildman–Crippen MR) is 126 cm³/mol. The van der Waals surface area contributed by atoms with Crippen LogP contribution in [0.3, 0.4) is 0 Å². The van der Waals surface area contributed by atoms with Gasteiger partial charge in [-0.1, -0.05) is 42.4 Å². The summed E-state index contributed by atoms with van der Waals surface area (Å²) in [6.07, 6.45) is 6.30. The lowest BCUT2D eigenvalue weighted by Gasteiger charge is -2.21. The van der Waals surface area contributed by atoms with Gasteiger partial charge in [-0.15, -0.1) is 10.2 Å². The second-order valence-corrected chi connectivity index (χ2v) is 12.2. The minimum absolute atomic E-state index is 0.257. The number of hydrogen-bond donors (Lipinski definition) is 1. The predicted octanol–water partition coefficient (Wildman–Crippen LogP) is 4.19. The van der Waals surface area contributed by atoms with E-state index in [2.05, 4.69) is 27.0 Å². The van der Waals surface area contributed by atoms with Crippen molar-refractivity contribution in [1.29, 1.82) is 0 Å². The topological polar surface area (TPSA) is 93.0 Å². The summed E-state index contributed by atoms with van der Waals surface area (Å²) in [7, 11) is -0.421. The summed E-state index contributed by atoms with van der Waals surface area (Å²) in [4.78, 5) is 4.99. The molecule has 1 N–H and O–H groups in total. The van der Waals surface area contributed by atoms with Gasteiger partial charge < -0.3 is 9.88 Å². The van der Waals surface area contributed by atoms with Gasteiger partial charge in [-0.3, -0.25) is 0 Å². The van der Waals surface area contributed by atoms with Crippen LogP contribution in [0.4, 0.5) is 5.13 Å². The summed E-state index contributed by atoms with van der Waals surface area (Å²) >= 11 is 3.19. The van der Waals surface area contributed by atoms with Gasteiger partial charge in [0.1, 0.15) is 5.82 Å². The number of fused-ring (bicyclic) bond motifs is 1. The number of hydrogen-bond acceptors (Lipinski definition) is 8. The second kappa shape index (κ2) is 9.43. The average molecular weight is 481 g/mol. The van der Waals surface area contributed by atoms with E-state index < -0.39 is 10.0 Å². The minimum atomic E-state index is -3.49. The number of aromatic nitrogens is 4. The Labute approximate surface area is 191 Å². The smallest absolute Gasteiger partial charge is 0.242 e. The van der Waals surface area contributed by atoms with Gasteiger partial charge in [-0.05, 0) is 38.0 Å². The fourth-order valence-electron chi connectivity index (χ4n) is 3.87. The van der Waals surface area contributed by atoms with Crippen molar-refractivity contribution in [2.45, 2.75) is 66.6 Å². The molecule has 1 aliphatic carbocycles. The lowest BCUT2D eigenvalue weighted by Crippen LogP contribution is -2.22. The average Bonchev–Trinajstić information content (AvgIpc) is 3.35. The van der Waals surface area contributed by atoms with E-state index in [9.17, 15) is 8.42 Å². The van der Waals surface area contributed by atoms with Gasteiger partial charge in [-0.2, -0.15) is 0 Å². The number of anilines is 1. The molecule has 1 aromatic carbocycles. The lowest BCUT2D eigenvalue weighted by molar-refractivity contribution is 0.462. The zero-order chi connectivity index (χ0) is 22.0. The molecule has 0 amide bonds. The van der Waals surface area contributed by atoms with Crippen molar-refractivity contribution >= 4 is 49.3 Å². The molecular formula is C20H28N6O2S3. The summed E-state index contributed by atoms with van der Waals surface area (Å²) in [5.41, 5.74) is 1.63. The van der Waals surface area contributed by atoms with Gasteiger partial charge in [0.15, 0.2) is 4.34 Å². The Balaban J connectivity index is 1.49. The molecule has 0 bridgehead atoms. The number of imidazole rings is 1. The third-order valence-electron chi connectivity index (χ3n) is 5.56. The standard InChI is InChI=1S/C20H28N6O2S3/c1-4-26-17-11-10-15(31(27,28)25(2)3)12-16(17)22-18(26)13-29-20-24-23-19(30-20)21-14-8-6-5-7-9-14/h10-12,14H,4-9,13H2,1-3H3,(H,21,23). The molecule has 3 aromatic rings. The first-order valence-electron chi connectivity index (χ1n) is 10.5. The Bertz CT molecular complexity index is 1150. The van der Waals surface area contributed by atoms with Crippen molar-refractivity contribution in [3.8, 4) is 0 Å². The van der Waals surface area contributed by atoms with Gasteiger partial charge >= 0.3 is 0 Å². The third-order valence-corrected chi connectivity index (χ3v) is 9.35. The van der Waals surface area contributed by atoms with Crippen LogP contribution in [-0.4, -0.2) is 52.6 Å². The largest absolute Gasteiger partial charge is 0.357 e. The van der Waals surface area contributed by atoms with E-state index >= 15 is 0 Å². The van der Waals surface area contributed by atoms with Crippen LogP contribution in [0.5, 0.6) is 0 Å². The molecule has 0 spiro atoms. The van der Waals surface area contributed by atoms with Gasteiger partial charge in [0.05, 0.1) is 21.7 Å². The van der Waals surface area contributed by atoms with E-state index in [1.54, 1.807) is 35.2 Å². The number of nitrogens with one attached hydrogen (secondary N) is 1. The highest BCUT2D eigenvalue weighted by Crippen LogP contribution is 2.31. The van der Waals surface area contributed by atoms with Crippen molar-refractivity contribution in [2.24, 2.45) is 0 Å². The lowest BCUT2D eigenvalue weighted by atomic mass is 9.96. The molecule has 168 valence electrons. The quantitative estimate of drug-likeness (QED) is 0.483. The first kappa shape index (κ1) is 22.5. The van der Waals surface area contributed by atoms with Crippen LogP contribution in [-0.2, 0) is 22.3 Å². The maximum Gasteiger partial charge on any atom is 0.242 e. The van der Waals surface area contributed by atoms with Crippen molar-refractivity contribution < 1.29 is 8.42 Å². The zero-order valence-electron chi connectivity index (χ0n) is 18.0. The molecule has 0 atom stereocenters. The molecule has 1 fully saturated rings. The second-order valence-electron chi connectivity index (χ2n) is 7.85. The number of sulfonamides is 1. The molecule has 0 aliphatic heterocycles. The van der Waals surface area contributed by atoms with Crippen molar-refractivity contribution in [2.75, 3.05) is 19.4 Å². The summed E-state index contributed by atoms with van der Waals surface area (Å²) in [5, 5.41) is 13.0. The first-order valence-corrected chi connectivity index (χ1v) is 13.8. The van der Waals surface area contributed by atoms with E-state index in [0.29, 0.717) is 17.3 Å². The van der Waals surface area contributed by atoms with Crippen LogP contribution >= 0.6 is 23.1 Å². The van der Waals surface area contributed by atoms with Crippen LogP contribution in [0, 0.1) is 0 Å². The van der Waals surface area contributed by atoms with Crippen molar-refractivity contribution in [1.82, 2.24) is 24.1 Å². The van der Waals surface area contributed by atoms with Crippen LogP contribution < -0.4 is 5.32 Å². The van der Waals surface area contributed by atoms with Crippen LogP contribution in [0.1, 0.15) is 44.9 Å². The van der Waals surface area contributed by atoms with E-state index in [-0.39, 0.29) is 4.90 Å². The number of benzene rings is 1. The summed E-state index contributed by atoms with van der Waals surface area (Å²) in [6, 6.07) is 5.66. The molecule has 4 rings (SSSR count). The third kappa shape index (κ3) is 4.89. The van der Waals surface area contributed by atoms with Gasteiger partial charge in [0.25, 0.3) is 0 Å². The molecule has 0 unspecified atom stereocenters. The molecule has 8 nitrogen and oxygen atoms in total. The first-order chi connectivity index (χ1) is 14.9. The fourth-order valence-corrected chi connectivity index (χ4v) is 6.57. The highest BCUT2D eigenvalue weighted by atomic mass is 32.2. The summed E-state index contributed by atoms with van der Waals surface area (Å²) in [5.74, 6) is 1.55. The summed E-state index contributed by atoms with van der Waals surface area (Å²) < 4.78 is 29.2. The Morgan fingerprint density at radius 3 is 2.71 bits per heavy atom. The normalized spacial score (nSPS) is 15.7. The molecule has 1 aliphatic rings. The highest BCUT2D eigenvalue weighted by Gasteiger charge is 2.20. The Hall–Kier alpha value is -1.69. The molecule has 11 heteroatoms. The fraction of sp³-hybridized carbons (Fsp3) is 0.550. The van der Waals surface area contributed by atoms with E-state index in [1.807, 2.05) is 6.07 Å². The van der Waals surface area contributed by atoms with E-state index in [4.69, 9.17) is 4.98 Å². The van der Waals surface area contributed by atoms with Gasteiger partial charge in [0.2, 0.25) is 15.2 Å². The molecular weight excluding hydrogens is 452 g/mol. The number of rotatable bonds is 8. The SMILES string of the molecule is CCn1c(CSc2nnc(NC3CCCCC3)s2)nc2cc(S(=O)(=O)N(C)C)ccc21. The van der Waals surface area contributed by atoms with Crippen LogP contribution in [0.25, 0.3) is 11.0 Å². The summed E-state index contributed by atoms with van der Waals surface area (Å²) in [6.45, 7) is 2.83.